The maximum atomic E-state index is 12.9. The Morgan fingerprint density at radius 1 is 0.914 bits per heavy atom. The standard InChI is InChI=1S/C22H35N5O8/c1-12(29)18(24)21(33)26-16(10-13-5-7-14(30)8-6-13)19(31)27-17(11-28)20(32)25-15(22(34)35)4-2-3-9-23/h5-8,12,15-18,28-30H,2-4,9-11,23-24H2,1H3,(H,25,32)(H,26,33)(H,27,31)(H,34,35)/t12-,15+,16+,17+,18+/m1/s1. The summed E-state index contributed by atoms with van der Waals surface area (Å²) in [6, 6.07) is 0.477. The number of carboxylic acid groups (broad SMARTS) is 1. The highest BCUT2D eigenvalue weighted by atomic mass is 16.4. The van der Waals surface area contributed by atoms with Crippen LogP contribution in [0.3, 0.4) is 0 Å². The number of amides is 3. The average Bonchev–Trinajstić information content (AvgIpc) is 2.81. The number of phenols is 1. The van der Waals surface area contributed by atoms with E-state index in [0.29, 0.717) is 24.9 Å². The molecule has 0 aliphatic heterocycles. The number of carboxylic acids is 1. The second-order valence-corrected chi connectivity index (χ2v) is 8.13. The third-order valence-corrected chi connectivity index (χ3v) is 5.21. The van der Waals surface area contributed by atoms with Gasteiger partial charge in [-0.2, -0.15) is 0 Å². The first-order valence-electron chi connectivity index (χ1n) is 11.2. The molecule has 1 aromatic carbocycles. The number of hydrogen-bond donors (Lipinski definition) is 9. The predicted molar refractivity (Wildman–Crippen MR) is 125 cm³/mol. The van der Waals surface area contributed by atoms with Crippen molar-refractivity contribution in [1.29, 1.82) is 0 Å². The quantitative estimate of drug-likeness (QED) is 0.114. The summed E-state index contributed by atoms with van der Waals surface area (Å²) in [6.45, 7) is 0.833. The van der Waals surface area contributed by atoms with Crippen molar-refractivity contribution in [3.8, 4) is 5.75 Å². The normalized spacial score (nSPS) is 15.2. The first-order valence-corrected chi connectivity index (χ1v) is 11.2. The van der Waals surface area contributed by atoms with Gasteiger partial charge in [0, 0.05) is 6.42 Å². The lowest BCUT2D eigenvalue weighted by Crippen LogP contribution is -2.59. The Kier molecular flexibility index (Phi) is 12.7. The van der Waals surface area contributed by atoms with Gasteiger partial charge in [0.05, 0.1) is 12.7 Å². The molecule has 0 fully saturated rings. The molecule has 0 aromatic heterocycles. The Bertz CT molecular complexity index is 849. The minimum atomic E-state index is -1.50. The molecule has 1 rings (SSSR count). The Balaban J connectivity index is 2.97. The van der Waals surface area contributed by atoms with Gasteiger partial charge in [-0.1, -0.05) is 12.1 Å². The number of aliphatic carboxylic acids is 1. The van der Waals surface area contributed by atoms with Crippen molar-refractivity contribution in [3.05, 3.63) is 29.8 Å². The maximum absolute atomic E-state index is 12.9. The zero-order valence-corrected chi connectivity index (χ0v) is 19.5. The number of aliphatic hydroxyl groups excluding tert-OH is 2. The van der Waals surface area contributed by atoms with Gasteiger partial charge in [-0.3, -0.25) is 14.4 Å². The van der Waals surface area contributed by atoms with Gasteiger partial charge in [0.25, 0.3) is 0 Å². The molecule has 13 heteroatoms. The van der Waals surface area contributed by atoms with E-state index in [2.05, 4.69) is 16.0 Å². The largest absolute Gasteiger partial charge is 0.508 e. The molecule has 0 unspecified atom stereocenters. The van der Waals surface area contributed by atoms with Gasteiger partial charge < -0.3 is 47.8 Å². The lowest BCUT2D eigenvalue weighted by molar-refractivity contribution is -0.142. The average molecular weight is 498 g/mol. The Labute approximate surface area is 202 Å². The highest BCUT2D eigenvalue weighted by Gasteiger charge is 2.30. The number of rotatable bonds is 15. The molecule has 0 bridgehead atoms. The molecule has 0 radical (unpaired) electrons. The van der Waals surface area contributed by atoms with E-state index in [9.17, 15) is 39.6 Å². The summed E-state index contributed by atoms with van der Waals surface area (Å²) in [5.74, 6) is -3.88. The molecule has 0 saturated heterocycles. The van der Waals surface area contributed by atoms with Gasteiger partial charge in [0.2, 0.25) is 17.7 Å². The number of aromatic hydroxyl groups is 1. The summed E-state index contributed by atoms with van der Waals surface area (Å²) in [5, 5.41) is 45.0. The van der Waals surface area contributed by atoms with Crippen LogP contribution in [0.15, 0.2) is 24.3 Å². The number of carbonyl (C=O) groups excluding carboxylic acids is 3. The smallest absolute Gasteiger partial charge is 0.326 e. The number of phenolic OH excluding ortho intramolecular Hbond substituents is 1. The van der Waals surface area contributed by atoms with Crippen LogP contribution in [0.1, 0.15) is 31.7 Å². The number of hydrogen-bond acceptors (Lipinski definition) is 9. The zero-order valence-electron chi connectivity index (χ0n) is 19.5. The first kappa shape index (κ1) is 29.8. The minimum Gasteiger partial charge on any atom is -0.508 e. The second-order valence-electron chi connectivity index (χ2n) is 8.13. The van der Waals surface area contributed by atoms with Gasteiger partial charge in [0.15, 0.2) is 0 Å². The summed E-state index contributed by atoms with van der Waals surface area (Å²) >= 11 is 0. The van der Waals surface area contributed by atoms with Crippen LogP contribution in [-0.4, -0.2) is 87.5 Å². The molecule has 0 spiro atoms. The molecule has 196 valence electrons. The monoisotopic (exact) mass is 497 g/mol. The van der Waals surface area contributed by atoms with Crippen LogP contribution in [0.2, 0.25) is 0 Å². The molecule has 0 saturated carbocycles. The molecule has 13 nitrogen and oxygen atoms in total. The Hall–Kier alpha value is -3.26. The van der Waals surface area contributed by atoms with E-state index < -0.39 is 60.6 Å². The van der Waals surface area contributed by atoms with Gasteiger partial charge >= 0.3 is 5.97 Å². The van der Waals surface area contributed by atoms with Crippen molar-refractivity contribution in [2.45, 2.75) is 62.9 Å². The fourth-order valence-corrected chi connectivity index (χ4v) is 3.05. The molecule has 1 aromatic rings. The fraction of sp³-hybridized carbons (Fsp3) is 0.545. The summed E-state index contributed by atoms with van der Waals surface area (Å²) in [4.78, 5) is 49.3. The summed E-state index contributed by atoms with van der Waals surface area (Å²) in [7, 11) is 0. The van der Waals surface area contributed by atoms with E-state index >= 15 is 0 Å². The molecular formula is C22H35N5O8. The van der Waals surface area contributed by atoms with E-state index in [-0.39, 0.29) is 18.6 Å². The fourth-order valence-electron chi connectivity index (χ4n) is 3.05. The topological polar surface area (TPSA) is 237 Å². The number of benzene rings is 1. The molecular weight excluding hydrogens is 462 g/mol. The minimum absolute atomic E-state index is 0.00798. The number of carbonyl (C=O) groups is 4. The number of nitrogens with two attached hydrogens (primary N) is 2. The van der Waals surface area contributed by atoms with Crippen molar-refractivity contribution in [2.24, 2.45) is 11.5 Å². The predicted octanol–water partition coefficient (Wildman–Crippen LogP) is -2.70. The van der Waals surface area contributed by atoms with E-state index in [4.69, 9.17) is 11.5 Å². The number of unbranched alkanes of at least 4 members (excludes halogenated alkanes) is 1. The molecule has 0 heterocycles. The van der Waals surface area contributed by atoms with Gasteiger partial charge in [0.1, 0.15) is 29.9 Å². The van der Waals surface area contributed by atoms with Gasteiger partial charge in [-0.05, 0) is 50.4 Å². The van der Waals surface area contributed by atoms with E-state index in [1.165, 1.54) is 31.2 Å². The molecule has 5 atom stereocenters. The van der Waals surface area contributed by atoms with E-state index in [0.717, 1.165) is 0 Å². The van der Waals surface area contributed by atoms with Gasteiger partial charge in [-0.25, -0.2) is 4.79 Å². The highest BCUT2D eigenvalue weighted by molar-refractivity contribution is 5.94. The van der Waals surface area contributed by atoms with Crippen molar-refractivity contribution in [1.82, 2.24) is 16.0 Å². The van der Waals surface area contributed by atoms with Crippen LogP contribution in [0.4, 0.5) is 0 Å². The number of nitrogens with one attached hydrogen (secondary N) is 3. The Morgan fingerprint density at radius 2 is 1.46 bits per heavy atom. The van der Waals surface area contributed by atoms with Crippen LogP contribution < -0.4 is 27.4 Å². The molecule has 35 heavy (non-hydrogen) atoms. The third kappa shape index (κ3) is 10.3. The summed E-state index contributed by atoms with van der Waals surface area (Å²) < 4.78 is 0. The lowest BCUT2D eigenvalue weighted by atomic mass is 10.0. The molecule has 3 amide bonds. The van der Waals surface area contributed by atoms with Crippen molar-refractivity contribution in [3.63, 3.8) is 0 Å². The highest BCUT2D eigenvalue weighted by Crippen LogP contribution is 2.12. The number of aliphatic hydroxyl groups is 2. The van der Waals surface area contributed by atoms with Crippen molar-refractivity contribution < 1.29 is 39.6 Å². The lowest BCUT2D eigenvalue weighted by Gasteiger charge is -2.25. The second kappa shape index (κ2) is 14.9. The molecule has 0 aliphatic rings. The summed E-state index contributed by atoms with van der Waals surface area (Å²) in [5.41, 5.74) is 11.6. The van der Waals surface area contributed by atoms with Crippen LogP contribution in [0, 0.1) is 0 Å². The van der Waals surface area contributed by atoms with E-state index in [1.807, 2.05) is 0 Å². The van der Waals surface area contributed by atoms with Crippen LogP contribution in [0.25, 0.3) is 0 Å². The Morgan fingerprint density at radius 3 is 1.97 bits per heavy atom. The van der Waals surface area contributed by atoms with E-state index in [1.54, 1.807) is 0 Å². The summed E-state index contributed by atoms with van der Waals surface area (Å²) in [6.07, 6.45) is -0.140. The maximum Gasteiger partial charge on any atom is 0.326 e. The van der Waals surface area contributed by atoms with Gasteiger partial charge in [-0.15, -0.1) is 0 Å². The first-order chi connectivity index (χ1) is 16.5. The zero-order chi connectivity index (χ0) is 26.5. The van der Waals surface area contributed by atoms with Crippen molar-refractivity contribution in [2.75, 3.05) is 13.2 Å². The molecule has 11 N–H and O–H groups in total. The van der Waals surface area contributed by atoms with Crippen LogP contribution in [-0.2, 0) is 25.6 Å². The third-order valence-electron chi connectivity index (χ3n) is 5.21. The molecule has 0 aliphatic carbocycles. The van der Waals surface area contributed by atoms with Crippen molar-refractivity contribution >= 4 is 23.7 Å². The van der Waals surface area contributed by atoms with Crippen LogP contribution in [0.5, 0.6) is 5.75 Å². The van der Waals surface area contributed by atoms with Crippen LogP contribution >= 0.6 is 0 Å². The SMILES string of the molecule is C[C@@H](O)[C@H](N)C(=O)N[C@@H](Cc1ccc(O)cc1)C(=O)N[C@@H](CO)C(=O)N[C@@H](CCCCN)C(=O)O.